The molecule has 4 aromatic rings. The average molecular weight is 598 g/mol. The summed E-state index contributed by atoms with van der Waals surface area (Å²) < 4.78 is 11.6. The minimum Gasteiger partial charge on any atom is -0.493 e. The molecule has 0 unspecified atom stereocenters. The van der Waals surface area contributed by atoms with Gasteiger partial charge in [0.2, 0.25) is 0 Å². The Hall–Kier alpha value is -5.02. The maximum absolute atomic E-state index is 12.6. The van der Waals surface area contributed by atoms with Crippen LogP contribution in [-0.2, 0) is 4.79 Å². The van der Waals surface area contributed by atoms with Crippen LogP contribution in [0.25, 0.3) is 6.08 Å². The predicted octanol–water partition coefficient (Wildman–Crippen LogP) is 6.09. The summed E-state index contributed by atoms with van der Waals surface area (Å²) in [6.07, 6.45) is 4.42. The Bertz CT molecular complexity index is 1570. The van der Waals surface area contributed by atoms with Crippen molar-refractivity contribution in [3.05, 3.63) is 130 Å². The van der Waals surface area contributed by atoms with E-state index in [0.717, 1.165) is 10.0 Å². The maximum atomic E-state index is 12.6. The molecule has 0 bridgehead atoms. The minimum absolute atomic E-state index is 0.244. The number of hydrogen-bond donors (Lipinski definition) is 2. The van der Waals surface area contributed by atoms with Gasteiger partial charge in [-0.3, -0.25) is 9.59 Å². The van der Waals surface area contributed by atoms with Crippen molar-refractivity contribution < 1.29 is 23.9 Å². The second-order valence-electron chi connectivity index (χ2n) is 8.32. The van der Waals surface area contributed by atoms with E-state index in [1.807, 2.05) is 30.3 Å². The van der Waals surface area contributed by atoms with Gasteiger partial charge >= 0.3 is 5.97 Å². The first kappa shape index (κ1) is 28.0. The Morgan fingerprint density at radius 3 is 2.30 bits per heavy atom. The van der Waals surface area contributed by atoms with Gasteiger partial charge in [-0.2, -0.15) is 5.10 Å². The van der Waals surface area contributed by atoms with Crippen molar-refractivity contribution in [2.45, 2.75) is 0 Å². The average Bonchev–Trinajstić information content (AvgIpc) is 2.97. The monoisotopic (exact) mass is 597 g/mol. The molecule has 8 nitrogen and oxygen atoms in total. The van der Waals surface area contributed by atoms with E-state index in [9.17, 15) is 14.4 Å². The molecule has 0 aliphatic heterocycles. The lowest BCUT2D eigenvalue weighted by Crippen LogP contribution is -2.18. The van der Waals surface area contributed by atoms with E-state index in [1.54, 1.807) is 72.8 Å². The molecule has 200 valence electrons. The molecule has 0 aliphatic carbocycles. The highest BCUT2D eigenvalue weighted by Crippen LogP contribution is 2.28. The number of hydrogen-bond acceptors (Lipinski definition) is 6. The van der Waals surface area contributed by atoms with Crippen LogP contribution in [0.2, 0.25) is 0 Å². The number of methoxy groups -OCH3 is 1. The van der Waals surface area contributed by atoms with Crippen molar-refractivity contribution >= 4 is 51.7 Å². The van der Waals surface area contributed by atoms with Gasteiger partial charge in [-0.25, -0.2) is 10.2 Å². The zero-order valence-corrected chi connectivity index (χ0v) is 22.9. The first-order chi connectivity index (χ1) is 19.4. The van der Waals surface area contributed by atoms with E-state index >= 15 is 0 Å². The van der Waals surface area contributed by atoms with Gasteiger partial charge in [0, 0.05) is 27.4 Å². The van der Waals surface area contributed by atoms with E-state index in [1.165, 1.54) is 19.4 Å². The minimum atomic E-state index is -0.550. The summed E-state index contributed by atoms with van der Waals surface area (Å²) in [6, 6.07) is 27.7. The molecule has 0 atom stereocenters. The van der Waals surface area contributed by atoms with Crippen molar-refractivity contribution in [1.82, 2.24) is 5.43 Å². The van der Waals surface area contributed by atoms with Crippen LogP contribution >= 0.6 is 15.9 Å². The summed E-state index contributed by atoms with van der Waals surface area (Å²) in [5, 5.41) is 6.78. The van der Waals surface area contributed by atoms with Crippen LogP contribution in [0, 0.1) is 0 Å². The standard InChI is InChI=1S/C31H24BrN3O5/c1-39-28-18-22(10-16-27(28)40-29(36)17-11-21-6-3-2-4-7-21)20-33-35-31(38)24-8-5-9-26(19-24)34-30(37)23-12-14-25(32)15-13-23/h2-20H,1H3,(H,34,37)(H,35,38)/b17-11+,33-20?. The Morgan fingerprint density at radius 1 is 0.775 bits per heavy atom. The van der Waals surface area contributed by atoms with Crippen molar-refractivity contribution in [3.63, 3.8) is 0 Å². The molecule has 4 rings (SSSR count). The van der Waals surface area contributed by atoms with Gasteiger partial charge in [0.05, 0.1) is 13.3 Å². The van der Waals surface area contributed by atoms with Gasteiger partial charge in [-0.1, -0.05) is 52.3 Å². The largest absolute Gasteiger partial charge is 0.493 e. The smallest absolute Gasteiger partial charge is 0.336 e. The Balaban J connectivity index is 1.34. The summed E-state index contributed by atoms with van der Waals surface area (Å²) in [5.74, 6) is -0.734. The number of benzene rings is 4. The molecule has 0 saturated heterocycles. The second kappa shape index (κ2) is 13.7. The summed E-state index contributed by atoms with van der Waals surface area (Å²) in [5.41, 5.74) is 5.21. The number of nitrogens with one attached hydrogen (secondary N) is 2. The van der Waals surface area contributed by atoms with Crippen LogP contribution in [0.1, 0.15) is 31.8 Å². The third-order valence-corrected chi connectivity index (χ3v) is 6.01. The molecule has 0 fully saturated rings. The van der Waals surface area contributed by atoms with E-state index in [2.05, 4.69) is 31.8 Å². The lowest BCUT2D eigenvalue weighted by atomic mass is 10.1. The van der Waals surface area contributed by atoms with Crippen LogP contribution in [0.4, 0.5) is 5.69 Å². The summed E-state index contributed by atoms with van der Waals surface area (Å²) in [6.45, 7) is 0. The lowest BCUT2D eigenvalue weighted by Gasteiger charge is -2.09. The third-order valence-electron chi connectivity index (χ3n) is 5.48. The molecule has 0 aromatic heterocycles. The first-order valence-electron chi connectivity index (χ1n) is 12.0. The molecule has 0 aliphatic rings. The van der Waals surface area contributed by atoms with Gasteiger partial charge < -0.3 is 14.8 Å². The zero-order chi connectivity index (χ0) is 28.3. The van der Waals surface area contributed by atoms with Crippen molar-refractivity contribution in [3.8, 4) is 11.5 Å². The number of rotatable bonds is 9. The fraction of sp³-hybridized carbons (Fsp3) is 0.0323. The molecule has 4 aromatic carbocycles. The predicted molar refractivity (Wildman–Crippen MR) is 158 cm³/mol. The number of hydrazone groups is 1. The second-order valence-corrected chi connectivity index (χ2v) is 9.23. The normalized spacial score (nSPS) is 10.8. The Kier molecular flexibility index (Phi) is 9.58. The number of nitrogens with zero attached hydrogens (tertiary/aromatic N) is 1. The number of halogens is 1. The number of amides is 2. The van der Waals surface area contributed by atoms with Gasteiger partial charge in [0.25, 0.3) is 11.8 Å². The van der Waals surface area contributed by atoms with Crippen LogP contribution in [0.5, 0.6) is 11.5 Å². The number of esters is 1. The van der Waals surface area contributed by atoms with E-state index in [4.69, 9.17) is 9.47 Å². The zero-order valence-electron chi connectivity index (χ0n) is 21.3. The fourth-order valence-corrected chi connectivity index (χ4v) is 3.76. The number of carbonyl (C=O) groups is 3. The van der Waals surface area contributed by atoms with Crippen LogP contribution in [0.15, 0.2) is 113 Å². The molecule has 2 N–H and O–H groups in total. The summed E-state index contributed by atoms with van der Waals surface area (Å²) in [4.78, 5) is 37.3. The molecule has 0 heterocycles. The van der Waals surface area contributed by atoms with Crippen molar-refractivity contribution in [1.29, 1.82) is 0 Å². The molecule has 0 spiro atoms. The highest BCUT2D eigenvalue weighted by Gasteiger charge is 2.11. The van der Waals surface area contributed by atoms with Crippen LogP contribution in [-0.4, -0.2) is 31.1 Å². The van der Waals surface area contributed by atoms with Gasteiger partial charge in [0.15, 0.2) is 11.5 Å². The number of ether oxygens (including phenoxy) is 2. The van der Waals surface area contributed by atoms with Crippen molar-refractivity contribution in [2.24, 2.45) is 5.10 Å². The molecule has 0 saturated carbocycles. The fourth-order valence-electron chi connectivity index (χ4n) is 3.49. The topological polar surface area (TPSA) is 106 Å². The molecule has 9 heteroatoms. The lowest BCUT2D eigenvalue weighted by molar-refractivity contribution is -0.129. The van der Waals surface area contributed by atoms with Gasteiger partial charge in [-0.05, 0) is 77.9 Å². The third kappa shape index (κ3) is 7.99. The SMILES string of the molecule is COc1cc(C=NNC(=O)c2cccc(NC(=O)c3ccc(Br)cc3)c2)ccc1OC(=O)/C=C/c1ccccc1. The number of anilines is 1. The molecule has 0 radical (unpaired) electrons. The van der Waals surface area contributed by atoms with Gasteiger partial charge in [-0.15, -0.1) is 0 Å². The van der Waals surface area contributed by atoms with E-state index < -0.39 is 11.9 Å². The molecular weight excluding hydrogens is 574 g/mol. The Morgan fingerprint density at radius 2 is 1.55 bits per heavy atom. The summed E-state index contributed by atoms with van der Waals surface area (Å²) >= 11 is 3.34. The first-order valence-corrected chi connectivity index (χ1v) is 12.8. The molecule has 2 amide bonds. The maximum Gasteiger partial charge on any atom is 0.336 e. The van der Waals surface area contributed by atoms with E-state index in [0.29, 0.717) is 28.1 Å². The highest BCUT2D eigenvalue weighted by atomic mass is 79.9. The van der Waals surface area contributed by atoms with Crippen molar-refractivity contribution in [2.75, 3.05) is 12.4 Å². The van der Waals surface area contributed by atoms with Crippen LogP contribution in [0.3, 0.4) is 0 Å². The molecular formula is C31H24BrN3O5. The van der Waals surface area contributed by atoms with Gasteiger partial charge in [0.1, 0.15) is 0 Å². The number of carbonyl (C=O) groups excluding carboxylic acids is 3. The molecule has 40 heavy (non-hydrogen) atoms. The summed E-state index contributed by atoms with van der Waals surface area (Å²) in [7, 11) is 1.46. The Labute approximate surface area is 239 Å². The van der Waals surface area contributed by atoms with E-state index in [-0.39, 0.29) is 11.7 Å². The highest BCUT2D eigenvalue weighted by molar-refractivity contribution is 9.10. The van der Waals surface area contributed by atoms with Crippen LogP contribution < -0.4 is 20.2 Å². The quantitative estimate of drug-likeness (QED) is 0.0798.